The Kier molecular flexibility index (Phi) is 8.26. The Bertz CT molecular complexity index is 766. The standard InChI is InChI=1S/C22H29N3O2S/c1-5-23-21(28)25-24-16-17-6-10-19(11-7-17)26-14-15-27-20-12-8-18(9-13-20)22(2,3)4/h6-13,16H,5,14-15H2,1-4H3,(H2,23,25,28). The molecular formula is C22H29N3O2S. The lowest BCUT2D eigenvalue weighted by atomic mass is 9.87. The summed E-state index contributed by atoms with van der Waals surface area (Å²) in [7, 11) is 0. The van der Waals surface area contributed by atoms with Crippen molar-refractivity contribution >= 4 is 23.5 Å². The predicted octanol–water partition coefficient (Wildman–Crippen LogP) is 4.26. The van der Waals surface area contributed by atoms with E-state index in [4.69, 9.17) is 21.7 Å². The number of hydrazone groups is 1. The van der Waals surface area contributed by atoms with Crippen molar-refractivity contribution in [3.8, 4) is 11.5 Å². The molecule has 0 amide bonds. The van der Waals surface area contributed by atoms with Crippen molar-refractivity contribution in [1.29, 1.82) is 0 Å². The van der Waals surface area contributed by atoms with Crippen LogP contribution in [0.4, 0.5) is 0 Å². The van der Waals surface area contributed by atoms with Gasteiger partial charge in [-0.1, -0.05) is 32.9 Å². The first-order valence-corrected chi connectivity index (χ1v) is 9.82. The summed E-state index contributed by atoms with van der Waals surface area (Å²) in [5.41, 5.74) is 5.15. The molecule has 2 rings (SSSR count). The molecule has 0 spiro atoms. The van der Waals surface area contributed by atoms with Gasteiger partial charge in [0.2, 0.25) is 0 Å². The zero-order valence-electron chi connectivity index (χ0n) is 17.0. The molecule has 2 aromatic carbocycles. The van der Waals surface area contributed by atoms with Crippen molar-refractivity contribution in [2.75, 3.05) is 19.8 Å². The van der Waals surface area contributed by atoms with Gasteiger partial charge < -0.3 is 14.8 Å². The van der Waals surface area contributed by atoms with E-state index in [1.165, 1.54) is 5.56 Å². The first-order chi connectivity index (χ1) is 13.4. The van der Waals surface area contributed by atoms with Gasteiger partial charge in [0, 0.05) is 6.54 Å². The molecule has 2 aromatic rings. The van der Waals surface area contributed by atoms with E-state index in [1.54, 1.807) is 6.21 Å². The monoisotopic (exact) mass is 399 g/mol. The maximum absolute atomic E-state index is 5.74. The molecule has 0 saturated carbocycles. The minimum absolute atomic E-state index is 0.146. The van der Waals surface area contributed by atoms with Crippen LogP contribution in [0, 0.1) is 0 Å². The maximum atomic E-state index is 5.74. The number of hydrogen-bond acceptors (Lipinski definition) is 4. The fourth-order valence-corrected chi connectivity index (χ4v) is 2.58. The van der Waals surface area contributed by atoms with Crippen molar-refractivity contribution in [3.05, 3.63) is 59.7 Å². The summed E-state index contributed by atoms with van der Waals surface area (Å²) in [4.78, 5) is 0. The zero-order valence-corrected chi connectivity index (χ0v) is 17.8. The van der Waals surface area contributed by atoms with Crippen LogP contribution in [0.15, 0.2) is 53.6 Å². The highest BCUT2D eigenvalue weighted by Crippen LogP contribution is 2.24. The molecule has 5 nitrogen and oxygen atoms in total. The summed E-state index contributed by atoms with van der Waals surface area (Å²) in [5.74, 6) is 1.64. The number of benzene rings is 2. The second-order valence-electron chi connectivity index (χ2n) is 7.27. The largest absolute Gasteiger partial charge is 0.490 e. The van der Waals surface area contributed by atoms with Gasteiger partial charge in [-0.05, 0) is 72.1 Å². The number of hydrogen-bond donors (Lipinski definition) is 2. The average Bonchev–Trinajstić information content (AvgIpc) is 2.66. The second-order valence-corrected chi connectivity index (χ2v) is 7.68. The molecule has 0 aliphatic heterocycles. The summed E-state index contributed by atoms with van der Waals surface area (Å²) in [6.45, 7) is 10.3. The fraction of sp³-hybridized carbons (Fsp3) is 0.364. The Labute approximate surface area is 173 Å². The third-order valence-corrected chi connectivity index (χ3v) is 4.17. The summed E-state index contributed by atoms with van der Waals surface area (Å²) in [6.07, 6.45) is 1.71. The SMILES string of the molecule is CCNC(=S)NN=Cc1ccc(OCCOc2ccc(C(C)(C)C)cc2)cc1. The lowest BCUT2D eigenvalue weighted by molar-refractivity contribution is 0.217. The summed E-state index contributed by atoms with van der Waals surface area (Å²) in [5, 5.41) is 7.55. The molecule has 2 N–H and O–H groups in total. The van der Waals surface area contributed by atoms with Crippen LogP contribution in [-0.4, -0.2) is 31.1 Å². The third kappa shape index (κ3) is 7.56. The maximum Gasteiger partial charge on any atom is 0.186 e. The summed E-state index contributed by atoms with van der Waals surface area (Å²) >= 11 is 5.04. The second kappa shape index (κ2) is 10.7. The third-order valence-electron chi connectivity index (χ3n) is 3.94. The number of nitrogens with one attached hydrogen (secondary N) is 2. The van der Waals surface area contributed by atoms with Gasteiger partial charge in [0.1, 0.15) is 24.7 Å². The van der Waals surface area contributed by atoms with Crippen LogP contribution in [0.25, 0.3) is 0 Å². The predicted molar refractivity (Wildman–Crippen MR) is 120 cm³/mol. The van der Waals surface area contributed by atoms with Gasteiger partial charge in [0.25, 0.3) is 0 Å². The summed E-state index contributed by atoms with van der Waals surface area (Å²) < 4.78 is 11.5. The van der Waals surface area contributed by atoms with Crippen LogP contribution in [0.5, 0.6) is 11.5 Å². The van der Waals surface area contributed by atoms with Gasteiger partial charge in [0.15, 0.2) is 5.11 Å². The number of ether oxygens (including phenoxy) is 2. The van der Waals surface area contributed by atoms with Gasteiger partial charge in [-0.3, -0.25) is 5.43 Å². The molecule has 150 valence electrons. The van der Waals surface area contributed by atoms with Crippen LogP contribution < -0.4 is 20.2 Å². The molecule has 0 fully saturated rings. The normalized spacial score (nSPS) is 11.3. The van der Waals surface area contributed by atoms with Gasteiger partial charge >= 0.3 is 0 Å². The Balaban J connectivity index is 1.72. The summed E-state index contributed by atoms with van der Waals surface area (Å²) in [6, 6.07) is 15.9. The quantitative estimate of drug-likeness (QED) is 0.301. The number of thiocarbonyl (C=S) groups is 1. The average molecular weight is 400 g/mol. The Morgan fingerprint density at radius 1 is 0.964 bits per heavy atom. The molecule has 0 aliphatic carbocycles. The van der Waals surface area contributed by atoms with Gasteiger partial charge in [-0.25, -0.2) is 0 Å². The van der Waals surface area contributed by atoms with Crippen molar-refractivity contribution in [2.24, 2.45) is 5.10 Å². The van der Waals surface area contributed by atoms with Crippen LogP contribution in [0.2, 0.25) is 0 Å². The van der Waals surface area contributed by atoms with E-state index in [2.05, 4.69) is 48.7 Å². The van der Waals surface area contributed by atoms with E-state index < -0.39 is 0 Å². The van der Waals surface area contributed by atoms with Crippen molar-refractivity contribution in [2.45, 2.75) is 33.1 Å². The minimum atomic E-state index is 0.146. The lowest BCUT2D eigenvalue weighted by Gasteiger charge is -2.19. The molecule has 0 atom stereocenters. The molecule has 0 unspecified atom stereocenters. The molecule has 0 aliphatic rings. The highest BCUT2D eigenvalue weighted by Gasteiger charge is 2.12. The number of nitrogens with zero attached hydrogens (tertiary/aromatic N) is 1. The first-order valence-electron chi connectivity index (χ1n) is 9.41. The van der Waals surface area contributed by atoms with E-state index in [0.717, 1.165) is 23.6 Å². The first kappa shape index (κ1) is 21.7. The van der Waals surface area contributed by atoms with E-state index in [1.807, 2.05) is 43.3 Å². The van der Waals surface area contributed by atoms with E-state index >= 15 is 0 Å². The van der Waals surface area contributed by atoms with Crippen LogP contribution in [0.1, 0.15) is 38.8 Å². The van der Waals surface area contributed by atoms with Gasteiger partial charge in [-0.2, -0.15) is 5.10 Å². The molecular weight excluding hydrogens is 370 g/mol. The molecule has 6 heteroatoms. The lowest BCUT2D eigenvalue weighted by Crippen LogP contribution is -2.31. The van der Waals surface area contributed by atoms with Crippen molar-refractivity contribution in [3.63, 3.8) is 0 Å². The fourth-order valence-electron chi connectivity index (χ4n) is 2.39. The van der Waals surface area contributed by atoms with E-state index in [9.17, 15) is 0 Å². The molecule has 0 heterocycles. The van der Waals surface area contributed by atoms with Crippen LogP contribution >= 0.6 is 12.2 Å². The Hall–Kier alpha value is -2.60. The minimum Gasteiger partial charge on any atom is -0.490 e. The molecule has 0 bridgehead atoms. The van der Waals surface area contributed by atoms with Gasteiger partial charge in [-0.15, -0.1) is 0 Å². The van der Waals surface area contributed by atoms with Crippen LogP contribution in [0.3, 0.4) is 0 Å². The van der Waals surface area contributed by atoms with Gasteiger partial charge in [0.05, 0.1) is 6.21 Å². The topological polar surface area (TPSA) is 54.9 Å². The smallest absolute Gasteiger partial charge is 0.186 e. The molecule has 0 saturated heterocycles. The molecule has 28 heavy (non-hydrogen) atoms. The number of rotatable bonds is 8. The highest BCUT2D eigenvalue weighted by molar-refractivity contribution is 7.80. The van der Waals surface area contributed by atoms with Crippen molar-refractivity contribution < 1.29 is 9.47 Å². The van der Waals surface area contributed by atoms with Crippen LogP contribution in [-0.2, 0) is 5.41 Å². The van der Waals surface area contributed by atoms with E-state index in [0.29, 0.717) is 18.3 Å². The highest BCUT2D eigenvalue weighted by atomic mass is 32.1. The molecule has 0 aromatic heterocycles. The van der Waals surface area contributed by atoms with E-state index in [-0.39, 0.29) is 5.41 Å². The Morgan fingerprint density at radius 3 is 2.00 bits per heavy atom. The molecule has 0 radical (unpaired) electrons. The zero-order chi connectivity index (χ0) is 20.4. The van der Waals surface area contributed by atoms with Crippen molar-refractivity contribution in [1.82, 2.24) is 10.7 Å². The Morgan fingerprint density at radius 2 is 1.50 bits per heavy atom.